The van der Waals surface area contributed by atoms with Gasteiger partial charge in [-0.3, -0.25) is 0 Å². The van der Waals surface area contributed by atoms with Crippen LogP contribution in [-0.4, -0.2) is 9.78 Å². The first-order valence-corrected chi connectivity index (χ1v) is 6.05. The maximum absolute atomic E-state index is 12.6. The molecule has 1 heterocycles. The van der Waals surface area contributed by atoms with Crippen LogP contribution >= 0.6 is 23.2 Å². The summed E-state index contributed by atoms with van der Waals surface area (Å²) >= 11 is 11.8. The van der Waals surface area contributed by atoms with Gasteiger partial charge in [0.2, 0.25) is 0 Å². The smallest absolute Gasteiger partial charge is 0.235 e. The third-order valence-electron chi connectivity index (χ3n) is 2.57. The molecule has 0 N–H and O–H groups in total. The van der Waals surface area contributed by atoms with Crippen LogP contribution in [-0.2, 0) is 6.18 Å². The van der Waals surface area contributed by atoms with Gasteiger partial charge < -0.3 is 0 Å². The zero-order chi connectivity index (χ0) is 14.4. The molecular formula is C12H9Cl2F3N2. The highest BCUT2D eigenvalue weighted by molar-refractivity contribution is 6.37. The summed E-state index contributed by atoms with van der Waals surface area (Å²) in [4.78, 5) is 0. The second-order valence-electron chi connectivity index (χ2n) is 4.13. The van der Waals surface area contributed by atoms with Crippen LogP contribution in [0, 0.1) is 13.8 Å². The average molecular weight is 309 g/mol. The predicted octanol–water partition coefficient (Wildman–Crippen LogP) is 4.81. The molecule has 0 unspecified atom stereocenters. The fourth-order valence-corrected chi connectivity index (χ4v) is 2.43. The summed E-state index contributed by atoms with van der Waals surface area (Å²) in [5, 5.41) is 3.98. The number of aryl methyl sites for hydroxylation is 2. The van der Waals surface area contributed by atoms with Gasteiger partial charge in [-0.2, -0.15) is 18.3 Å². The van der Waals surface area contributed by atoms with Crippen molar-refractivity contribution in [2.75, 3.05) is 0 Å². The fourth-order valence-electron chi connectivity index (χ4n) is 1.79. The number of benzene rings is 1. The van der Waals surface area contributed by atoms with E-state index in [1.165, 1.54) is 4.68 Å². The zero-order valence-electron chi connectivity index (χ0n) is 10.0. The van der Waals surface area contributed by atoms with Crippen molar-refractivity contribution in [2.45, 2.75) is 20.0 Å². The maximum atomic E-state index is 12.6. The Bertz CT molecular complexity index is 609. The molecule has 19 heavy (non-hydrogen) atoms. The van der Waals surface area contributed by atoms with Gasteiger partial charge in [0, 0.05) is 5.69 Å². The molecule has 0 bridgehead atoms. The number of aromatic nitrogens is 2. The van der Waals surface area contributed by atoms with Gasteiger partial charge in [0.15, 0.2) is 0 Å². The lowest BCUT2D eigenvalue weighted by Crippen LogP contribution is -2.07. The molecule has 0 saturated carbocycles. The molecule has 0 saturated heterocycles. The lowest BCUT2D eigenvalue weighted by molar-refractivity contribution is -0.137. The SMILES string of the molecule is Cc1cc(C)n(-c2c(Cl)cc(C(F)(F)F)cc2Cl)n1. The van der Waals surface area contributed by atoms with Crippen molar-refractivity contribution < 1.29 is 13.2 Å². The van der Waals surface area contributed by atoms with Gasteiger partial charge in [-0.05, 0) is 32.0 Å². The normalized spacial score (nSPS) is 11.9. The molecule has 0 spiro atoms. The monoisotopic (exact) mass is 308 g/mol. The van der Waals surface area contributed by atoms with E-state index in [2.05, 4.69) is 5.10 Å². The molecular weight excluding hydrogens is 300 g/mol. The Morgan fingerprint density at radius 3 is 1.95 bits per heavy atom. The van der Waals surface area contributed by atoms with Crippen LogP contribution in [0.2, 0.25) is 10.0 Å². The van der Waals surface area contributed by atoms with Crippen molar-refractivity contribution in [3.63, 3.8) is 0 Å². The summed E-state index contributed by atoms with van der Waals surface area (Å²) in [6.45, 7) is 3.54. The van der Waals surface area contributed by atoms with E-state index >= 15 is 0 Å². The summed E-state index contributed by atoms with van der Waals surface area (Å²) in [5.74, 6) is 0. The van der Waals surface area contributed by atoms with E-state index in [-0.39, 0.29) is 15.7 Å². The Balaban J connectivity index is 2.64. The molecule has 2 rings (SSSR count). The van der Waals surface area contributed by atoms with E-state index in [4.69, 9.17) is 23.2 Å². The minimum absolute atomic E-state index is 0.0916. The van der Waals surface area contributed by atoms with Crippen molar-refractivity contribution in [1.82, 2.24) is 9.78 Å². The molecule has 0 amide bonds. The number of rotatable bonds is 1. The maximum Gasteiger partial charge on any atom is 0.416 e. The van der Waals surface area contributed by atoms with Gasteiger partial charge in [0.25, 0.3) is 0 Å². The standard InChI is InChI=1S/C12H9Cl2F3N2/c1-6-3-7(2)19(18-6)11-9(13)4-8(5-10(11)14)12(15,16)17/h3-5H,1-2H3. The first-order chi connectivity index (χ1) is 8.70. The Labute approximate surface area is 117 Å². The fraction of sp³-hybridized carbons (Fsp3) is 0.250. The number of halogens is 5. The van der Waals surface area contributed by atoms with Crippen LogP contribution in [0.4, 0.5) is 13.2 Å². The summed E-state index contributed by atoms with van der Waals surface area (Å²) in [7, 11) is 0. The summed E-state index contributed by atoms with van der Waals surface area (Å²) in [6, 6.07) is 3.47. The van der Waals surface area contributed by atoms with E-state index in [0.717, 1.165) is 23.5 Å². The van der Waals surface area contributed by atoms with E-state index in [1.54, 1.807) is 19.9 Å². The number of hydrogen-bond acceptors (Lipinski definition) is 1. The third kappa shape index (κ3) is 2.72. The average Bonchev–Trinajstić information content (AvgIpc) is 2.55. The Morgan fingerprint density at radius 1 is 1.05 bits per heavy atom. The summed E-state index contributed by atoms with van der Waals surface area (Å²) in [5.41, 5.74) is 0.834. The van der Waals surface area contributed by atoms with Crippen LogP contribution in [0.5, 0.6) is 0 Å². The van der Waals surface area contributed by atoms with E-state index < -0.39 is 11.7 Å². The Hall–Kier alpha value is -1.20. The Kier molecular flexibility index (Phi) is 3.53. The van der Waals surface area contributed by atoms with Crippen LogP contribution in [0.15, 0.2) is 18.2 Å². The van der Waals surface area contributed by atoms with E-state index in [9.17, 15) is 13.2 Å². The van der Waals surface area contributed by atoms with Crippen LogP contribution in [0.1, 0.15) is 17.0 Å². The second kappa shape index (κ2) is 4.72. The van der Waals surface area contributed by atoms with Crippen molar-refractivity contribution >= 4 is 23.2 Å². The third-order valence-corrected chi connectivity index (χ3v) is 3.14. The molecule has 1 aromatic carbocycles. The summed E-state index contributed by atoms with van der Waals surface area (Å²) in [6.07, 6.45) is -4.49. The highest BCUT2D eigenvalue weighted by Gasteiger charge is 2.32. The lowest BCUT2D eigenvalue weighted by atomic mass is 10.2. The molecule has 2 aromatic rings. The van der Waals surface area contributed by atoms with E-state index in [1.807, 2.05) is 0 Å². The largest absolute Gasteiger partial charge is 0.416 e. The number of alkyl halides is 3. The van der Waals surface area contributed by atoms with E-state index in [0.29, 0.717) is 0 Å². The molecule has 0 aliphatic rings. The molecule has 7 heteroatoms. The van der Waals surface area contributed by atoms with Crippen LogP contribution < -0.4 is 0 Å². The first-order valence-electron chi connectivity index (χ1n) is 5.30. The molecule has 0 atom stereocenters. The molecule has 102 valence electrons. The predicted molar refractivity (Wildman–Crippen MR) is 68.1 cm³/mol. The summed E-state index contributed by atoms with van der Waals surface area (Å²) < 4.78 is 39.3. The van der Waals surface area contributed by atoms with Gasteiger partial charge in [0.05, 0.1) is 21.3 Å². The van der Waals surface area contributed by atoms with Crippen LogP contribution in [0.25, 0.3) is 5.69 Å². The molecule has 0 aliphatic carbocycles. The molecule has 0 radical (unpaired) electrons. The van der Waals surface area contributed by atoms with Crippen molar-refractivity contribution in [1.29, 1.82) is 0 Å². The molecule has 0 aliphatic heterocycles. The van der Waals surface area contributed by atoms with Gasteiger partial charge in [0.1, 0.15) is 5.69 Å². The van der Waals surface area contributed by atoms with Gasteiger partial charge in [-0.1, -0.05) is 23.2 Å². The highest BCUT2D eigenvalue weighted by atomic mass is 35.5. The molecule has 2 nitrogen and oxygen atoms in total. The number of hydrogen-bond donors (Lipinski definition) is 0. The minimum atomic E-state index is -4.49. The van der Waals surface area contributed by atoms with Crippen molar-refractivity contribution in [3.8, 4) is 5.69 Å². The second-order valence-corrected chi connectivity index (χ2v) is 4.94. The minimum Gasteiger partial charge on any atom is -0.235 e. The first kappa shape index (κ1) is 14.2. The quantitative estimate of drug-likeness (QED) is 0.739. The van der Waals surface area contributed by atoms with Gasteiger partial charge in [-0.25, -0.2) is 4.68 Å². The topological polar surface area (TPSA) is 17.8 Å². The number of nitrogens with zero attached hydrogens (tertiary/aromatic N) is 2. The highest BCUT2D eigenvalue weighted by Crippen LogP contribution is 2.37. The molecule has 0 fully saturated rings. The van der Waals surface area contributed by atoms with Crippen molar-refractivity contribution in [2.24, 2.45) is 0 Å². The van der Waals surface area contributed by atoms with Gasteiger partial charge >= 0.3 is 6.18 Å². The molecule has 1 aromatic heterocycles. The van der Waals surface area contributed by atoms with Gasteiger partial charge in [-0.15, -0.1) is 0 Å². The Morgan fingerprint density at radius 2 is 1.58 bits per heavy atom. The van der Waals surface area contributed by atoms with Crippen molar-refractivity contribution in [3.05, 3.63) is 45.2 Å². The zero-order valence-corrected chi connectivity index (χ0v) is 11.5. The van der Waals surface area contributed by atoms with Crippen LogP contribution in [0.3, 0.4) is 0 Å². The lowest BCUT2D eigenvalue weighted by Gasteiger charge is -2.13.